The topological polar surface area (TPSA) is 114 Å². The van der Waals surface area contributed by atoms with Crippen LogP contribution in [-0.4, -0.2) is 45.0 Å². The van der Waals surface area contributed by atoms with Crippen LogP contribution in [0.1, 0.15) is 31.9 Å². The third-order valence-electron chi connectivity index (χ3n) is 3.30. The van der Waals surface area contributed by atoms with Crippen LogP contribution in [0.25, 0.3) is 0 Å². The van der Waals surface area contributed by atoms with Crippen molar-refractivity contribution in [3.8, 4) is 0 Å². The smallest absolute Gasteiger partial charge is 0.351 e. The predicted molar refractivity (Wildman–Crippen MR) is 74.1 cm³/mol. The predicted octanol–water partition coefficient (Wildman–Crippen LogP) is 0.190. The summed E-state index contributed by atoms with van der Waals surface area (Å²) in [6.07, 6.45) is 2.89. The van der Waals surface area contributed by atoms with Crippen molar-refractivity contribution in [2.45, 2.75) is 38.0 Å². The Morgan fingerprint density at radius 3 is 2.95 bits per heavy atom. The largest absolute Gasteiger partial charge is 0.481 e. The number of carboxylic acid groups (broad SMARTS) is 1. The summed E-state index contributed by atoms with van der Waals surface area (Å²) in [7, 11) is 0. The fraction of sp³-hybridized carbons (Fsp3) is 0.615. The quantitative estimate of drug-likeness (QED) is 0.615. The van der Waals surface area contributed by atoms with Crippen molar-refractivity contribution in [2.24, 2.45) is 0 Å². The molecule has 1 aromatic heterocycles. The van der Waals surface area contributed by atoms with Gasteiger partial charge in [0.2, 0.25) is 0 Å². The monoisotopic (exact) mass is 297 g/mol. The Morgan fingerprint density at radius 1 is 1.52 bits per heavy atom. The summed E-state index contributed by atoms with van der Waals surface area (Å²) in [6.45, 7) is 0.386. The van der Waals surface area contributed by atoms with Crippen LogP contribution in [0.15, 0.2) is 17.1 Å². The van der Waals surface area contributed by atoms with Gasteiger partial charge in [-0.3, -0.25) is 9.36 Å². The van der Waals surface area contributed by atoms with E-state index in [4.69, 9.17) is 14.9 Å². The molecule has 1 aliphatic rings. The Hall–Kier alpha value is -1.93. The number of hydrogen-bond acceptors (Lipinski definition) is 6. The van der Waals surface area contributed by atoms with Crippen LogP contribution in [0.5, 0.6) is 0 Å². The third-order valence-corrected chi connectivity index (χ3v) is 3.30. The molecule has 8 nitrogen and oxygen atoms in total. The number of aliphatic hydroxyl groups is 1. The molecule has 1 saturated heterocycles. The molecular weight excluding hydrogens is 278 g/mol. The summed E-state index contributed by atoms with van der Waals surface area (Å²) in [5.41, 5.74) is -0.429. The zero-order valence-electron chi connectivity index (χ0n) is 11.6. The first-order valence-corrected chi connectivity index (χ1v) is 6.91. The first-order chi connectivity index (χ1) is 10.1. The van der Waals surface area contributed by atoms with Crippen LogP contribution in [-0.2, 0) is 9.53 Å². The first kappa shape index (κ1) is 15.5. The molecule has 1 aliphatic heterocycles. The van der Waals surface area contributed by atoms with Gasteiger partial charge in [0, 0.05) is 19.2 Å². The van der Waals surface area contributed by atoms with Crippen molar-refractivity contribution in [3.63, 3.8) is 0 Å². The van der Waals surface area contributed by atoms with Crippen molar-refractivity contribution in [1.82, 2.24) is 9.55 Å². The number of hydrogen-bond donors (Lipinski definition) is 3. The molecule has 0 amide bonds. The van der Waals surface area contributed by atoms with Gasteiger partial charge in [0.05, 0.1) is 12.7 Å². The average molecular weight is 297 g/mol. The summed E-state index contributed by atoms with van der Waals surface area (Å²) in [6, 6.07) is 1.65. The average Bonchev–Trinajstić information content (AvgIpc) is 2.92. The molecule has 0 saturated carbocycles. The van der Waals surface area contributed by atoms with E-state index in [9.17, 15) is 9.59 Å². The molecule has 8 heteroatoms. The molecule has 3 N–H and O–H groups in total. The number of carboxylic acids is 1. The minimum absolute atomic E-state index is 0.0537. The van der Waals surface area contributed by atoms with E-state index in [2.05, 4.69) is 10.3 Å². The fourth-order valence-corrected chi connectivity index (χ4v) is 2.21. The lowest BCUT2D eigenvalue weighted by atomic mass is 10.2. The normalized spacial score (nSPS) is 21.4. The van der Waals surface area contributed by atoms with Gasteiger partial charge in [0.1, 0.15) is 12.0 Å². The second-order valence-electron chi connectivity index (χ2n) is 4.90. The van der Waals surface area contributed by atoms with Gasteiger partial charge in [0.25, 0.3) is 0 Å². The Balaban J connectivity index is 1.92. The molecule has 1 fully saturated rings. The van der Waals surface area contributed by atoms with Crippen LogP contribution in [0, 0.1) is 0 Å². The zero-order valence-corrected chi connectivity index (χ0v) is 11.6. The maximum Gasteiger partial charge on any atom is 0.351 e. The number of aliphatic hydroxyl groups excluding tert-OH is 1. The highest BCUT2D eigenvalue weighted by molar-refractivity contribution is 5.66. The van der Waals surface area contributed by atoms with Gasteiger partial charge >= 0.3 is 11.7 Å². The van der Waals surface area contributed by atoms with Gasteiger partial charge in [-0.05, 0) is 25.3 Å². The van der Waals surface area contributed by atoms with Crippen molar-refractivity contribution < 1.29 is 19.7 Å². The van der Waals surface area contributed by atoms with Gasteiger partial charge in [-0.2, -0.15) is 4.98 Å². The van der Waals surface area contributed by atoms with Crippen LogP contribution >= 0.6 is 0 Å². The van der Waals surface area contributed by atoms with E-state index in [1.54, 1.807) is 12.3 Å². The Kier molecular flexibility index (Phi) is 5.29. The molecule has 2 heterocycles. The number of ether oxygens (including phenoxy) is 1. The number of anilines is 1. The summed E-state index contributed by atoms with van der Waals surface area (Å²) < 4.78 is 6.93. The number of nitrogens with zero attached hydrogens (tertiary/aromatic N) is 2. The summed E-state index contributed by atoms with van der Waals surface area (Å²) in [5, 5.41) is 20.5. The highest BCUT2D eigenvalue weighted by Gasteiger charge is 2.26. The van der Waals surface area contributed by atoms with E-state index in [-0.39, 0.29) is 25.4 Å². The lowest BCUT2D eigenvalue weighted by Crippen LogP contribution is -2.28. The number of rotatable bonds is 7. The SMILES string of the molecule is O=C(O)CCCNc1ccn([C@H]2CC[C@@H](CO)O2)c(=O)n1. The van der Waals surface area contributed by atoms with Crippen LogP contribution in [0.3, 0.4) is 0 Å². The minimum atomic E-state index is -0.850. The highest BCUT2D eigenvalue weighted by Crippen LogP contribution is 2.26. The Bertz CT molecular complexity index is 545. The van der Waals surface area contributed by atoms with E-state index in [1.807, 2.05) is 0 Å². The highest BCUT2D eigenvalue weighted by atomic mass is 16.5. The van der Waals surface area contributed by atoms with Crippen LogP contribution in [0.2, 0.25) is 0 Å². The molecule has 2 atom stereocenters. The van der Waals surface area contributed by atoms with E-state index >= 15 is 0 Å². The first-order valence-electron chi connectivity index (χ1n) is 6.91. The zero-order chi connectivity index (χ0) is 15.2. The standard InChI is InChI=1S/C13H19N3O5/c17-8-9-3-4-11(21-9)16-7-5-10(15-13(16)20)14-6-1-2-12(18)19/h5,7,9,11,17H,1-4,6,8H2,(H,18,19)(H,14,15,20)/t9-,11+/m0/s1. The number of aromatic nitrogens is 2. The molecule has 0 bridgehead atoms. The lowest BCUT2D eigenvalue weighted by Gasteiger charge is -2.15. The van der Waals surface area contributed by atoms with Crippen molar-refractivity contribution >= 4 is 11.8 Å². The molecular formula is C13H19N3O5. The van der Waals surface area contributed by atoms with Gasteiger partial charge in [-0.15, -0.1) is 0 Å². The third kappa shape index (κ3) is 4.27. The van der Waals surface area contributed by atoms with Crippen LogP contribution < -0.4 is 11.0 Å². The van der Waals surface area contributed by atoms with Crippen molar-refractivity contribution in [2.75, 3.05) is 18.5 Å². The van der Waals surface area contributed by atoms with E-state index in [0.29, 0.717) is 31.6 Å². The maximum absolute atomic E-state index is 11.9. The van der Waals surface area contributed by atoms with E-state index in [1.165, 1.54) is 4.57 Å². The fourth-order valence-electron chi connectivity index (χ4n) is 2.21. The van der Waals surface area contributed by atoms with Gasteiger partial charge in [-0.25, -0.2) is 4.79 Å². The van der Waals surface area contributed by atoms with Gasteiger partial charge < -0.3 is 20.3 Å². The number of carbonyl (C=O) groups is 1. The number of nitrogens with one attached hydrogen (secondary N) is 1. The Morgan fingerprint density at radius 2 is 2.33 bits per heavy atom. The van der Waals surface area contributed by atoms with Gasteiger partial charge in [0.15, 0.2) is 0 Å². The molecule has 2 rings (SSSR count). The number of aliphatic carboxylic acids is 1. The second kappa shape index (κ2) is 7.19. The molecule has 0 radical (unpaired) electrons. The molecule has 1 aromatic rings. The summed E-state index contributed by atoms with van der Waals surface area (Å²) in [5.74, 6) is -0.435. The van der Waals surface area contributed by atoms with E-state index < -0.39 is 11.7 Å². The van der Waals surface area contributed by atoms with Crippen LogP contribution in [0.4, 0.5) is 5.82 Å². The molecule has 0 unspecified atom stereocenters. The molecule has 0 aliphatic carbocycles. The summed E-state index contributed by atoms with van der Waals surface area (Å²) in [4.78, 5) is 26.2. The lowest BCUT2D eigenvalue weighted by molar-refractivity contribution is -0.137. The minimum Gasteiger partial charge on any atom is -0.481 e. The van der Waals surface area contributed by atoms with Crippen molar-refractivity contribution in [3.05, 3.63) is 22.7 Å². The molecule has 0 aromatic carbocycles. The molecule has 0 spiro atoms. The Labute approximate surface area is 121 Å². The second-order valence-corrected chi connectivity index (χ2v) is 4.90. The van der Waals surface area contributed by atoms with E-state index in [0.717, 1.165) is 0 Å². The molecule has 116 valence electrons. The molecule has 21 heavy (non-hydrogen) atoms. The summed E-state index contributed by atoms with van der Waals surface area (Å²) >= 11 is 0. The van der Waals surface area contributed by atoms with Gasteiger partial charge in [-0.1, -0.05) is 0 Å². The van der Waals surface area contributed by atoms with Crippen molar-refractivity contribution in [1.29, 1.82) is 0 Å². The maximum atomic E-state index is 11.9.